The highest BCUT2D eigenvalue weighted by Crippen LogP contribution is 2.28. The molecule has 1 aromatic carbocycles. The van der Waals surface area contributed by atoms with Crippen molar-refractivity contribution < 1.29 is 4.79 Å². The van der Waals surface area contributed by atoms with Crippen molar-refractivity contribution in [3.63, 3.8) is 0 Å². The number of nitriles is 1. The van der Waals surface area contributed by atoms with Gasteiger partial charge in [0.1, 0.15) is 0 Å². The highest BCUT2D eigenvalue weighted by Gasteiger charge is 2.32. The molecule has 2 aliphatic rings. The summed E-state index contributed by atoms with van der Waals surface area (Å²) < 4.78 is 0. The molecule has 0 aliphatic carbocycles. The number of nitrogens with one attached hydrogen (secondary N) is 1. The number of hydrogen-bond donors (Lipinski definition) is 1. The maximum atomic E-state index is 11.9. The first kappa shape index (κ1) is 16.8. The number of likely N-dealkylation sites (tertiary alicyclic amines) is 1. The molecule has 2 heterocycles. The fourth-order valence-electron chi connectivity index (χ4n) is 3.83. The van der Waals surface area contributed by atoms with Crippen molar-refractivity contribution in [2.24, 2.45) is 0 Å². The number of carbonyl (C=O) groups is 1. The SMILES string of the molecule is CC(C)(C#N)c1ccccc1CN1CCC[C@@H](N2CCNC2=O)C1. The van der Waals surface area contributed by atoms with Gasteiger partial charge in [0.2, 0.25) is 0 Å². The molecule has 1 aromatic rings. The Morgan fingerprint density at radius 1 is 1.33 bits per heavy atom. The third-order valence-electron chi connectivity index (χ3n) is 5.18. The Kier molecular flexibility index (Phi) is 4.77. The number of benzene rings is 1. The summed E-state index contributed by atoms with van der Waals surface area (Å²) in [5.74, 6) is 0. The average molecular weight is 326 g/mol. The van der Waals surface area contributed by atoms with E-state index < -0.39 is 5.41 Å². The molecule has 2 fully saturated rings. The summed E-state index contributed by atoms with van der Waals surface area (Å²) >= 11 is 0. The second kappa shape index (κ2) is 6.82. The number of urea groups is 1. The predicted molar refractivity (Wildman–Crippen MR) is 93.5 cm³/mol. The third-order valence-corrected chi connectivity index (χ3v) is 5.18. The number of nitrogens with zero attached hydrogens (tertiary/aromatic N) is 3. The van der Waals surface area contributed by atoms with E-state index >= 15 is 0 Å². The van der Waals surface area contributed by atoms with Gasteiger partial charge >= 0.3 is 6.03 Å². The fraction of sp³-hybridized carbons (Fsp3) is 0.579. The van der Waals surface area contributed by atoms with E-state index in [0.29, 0.717) is 6.04 Å². The minimum Gasteiger partial charge on any atom is -0.336 e. The molecule has 5 heteroatoms. The first-order chi connectivity index (χ1) is 11.5. The minimum atomic E-state index is -0.485. The Morgan fingerprint density at radius 2 is 2.12 bits per heavy atom. The van der Waals surface area contributed by atoms with Crippen LogP contribution >= 0.6 is 0 Å². The normalized spacial score (nSPS) is 22.3. The van der Waals surface area contributed by atoms with Crippen molar-refractivity contribution in [1.29, 1.82) is 5.26 Å². The minimum absolute atomic E-state index is 0.0767. The van der Waals surface area contributed by atoms with Crippen LogP contribution in [0.3, 0.4) is 0 Å². The Hall–Kier alpha value is -2.06. The van der Waals surface area contributed by atoms with Gasteiger partial charge < -0.3 is 10.2 Å². The van der Waals surface area contributed by atoms with E-state index in [0.717, 1.165) is 51.1 Å². The molecule has 0 spiro atoms. The van der Waals surface area contributed by atoms with Gasteiger partial charge in [-0.2, -0.15) is 5.26 Å². The van der Waals surface area contributed by atoms with Crippen molar-refractivity contribution in [2.75, 3.05) is 26.2 Å². The molecule has 1 N–H and O–H groups in total. The Balaban J connectivity index is 1.73. The van der Waals surface area contributed by atoms with E-state index in [9.17, 15) is 10.1 Å². The zero-order valence-electron chi connectivity index (χ0n) is 14.6. The molecule has 3 rings (SSSR count). The molecule has 1 atom stereocenters. The largest absolute Gasteiger partial charge is 0.336 e. The zero-order chi connectivity index (χ0) is 17.2. The van der Waals surface area contributed by atoms with E-state index in [1.165, 1.54) is 5.56 Å². The van der Waals surface area contributed by atoms with Gasteiger partial charge in [-0.1, -0.05) is 24.3 Å². The number of carbonyl (C=O) groups excluding carboxylic acids is 1. The first-order valence-electron chi connectivity index (χ1n) is 8.78. The van der Waals surface area contributed by atoms with Gasteiger partial charge in [-0.3, -0.25) is 4.90 Å². The highest BCUT2D eigenvalue weighted by molar-refractivity contribution is 5.76. The first-order valence-corrected chi connectivity index (χ1v) is 8.78. The van der Waals surface area contributed by atoms with Crippen LogP contribution in [0.25, 0.3) is 0 Å². The van der Waals surface area contributed by atoms with E-state index in [1.54, 1.807) is 0 Å². The molecule has 0 bridgehead atoms. The van der Waals surface area contributed by atoms with Gasteiger partial charge in [-0.05, 0) is 44.4 Å². The lowest BCUT2D eigenvalue weighted by molar-refractivity contribution is 0.121. The van der Waals surface area contributed by atoms with Gasteiger partial charge in [-0.25, -0.2) is 4.79 Å². The summed E-state index contributed by atoms with van der Waals surface area (Å²) in [5.41, 5.74) is 1.84. The number of hydrogen-bond acceptors (Lipinski definition) is 3. The van der Waals surface area contributed by atoms with E-state index in [-0.39, 0.29) is 6.03 Å². The standard InChI is InChI=1S/C19H26N4O/c1-19(2,14-20)17-8-4-3-6-15(17)12-22-10-5-7-16(13-22)23-11-9-21-18(23)24/h3-4,6,8,16H,5,7,9-13H2,1-2H3,(H,21,24)/t16-/m1/s1. The van der Waals surface area contributed by atoms with Crippen LogP contribution in [0.4, 0.5) is 4.79 Å². The Labute approximate surface area is 144 Å². The highest BCUT2D eigenvalue weighted by atomic mass is 16.2. The van der Waals surface area contributed by atoms with Gasteiger partial charge in [0.05, 0.1) is 11.5 Å². The molecule has 0 unspecified atom stereocenters. The third kappa shape index (κ3) is 3.39. The van der Waals surface area contributed by atoms with Crippen LogP contribution in [0.1, 0.15) is 37.8 Å². The van der Waals surface area contributed by atoms with E-state index in [2.05, 4.69) is 28.4 Å². The molecule has 0 aromatic heterocycles. The number of piperidine rings is 1. The van der Waals surface area contributed by atoms with Crippen LogP contribution in [0.15, 0.2) is 24.3 Å². The van der Waals surface area contributed by atoms with Gasteiger partial charge in [0.25, 0.3) is 0 Å². The Morgan fingerprint density at radius 3 is 2.83 bits per heavy atom. The zero-order valence-corrected chi connectivity index (χ0v) is 14.6. The fourth-order valence-corrected chi connectivity index (χ4v) is 3.83. The van der Waals surface area contributed by atoms with Crippen molar-refractivity contribution in [2.45, 2.75) is 44.7 Å². The number of rotatable bonds is 4. The summed E-state index contributed by atoms with van der Waals surface area (Å²) in [6.45, 7) is 8.32. The van der Waals surface area contributed by atoms with Gasteiger partial charge in [0.15, 0.2) is 0 Å². The van der Waals surface area contributed by atoms with Crippen molar-refractivity contribution in [3.05, 3.63) is 35.4 Å². The molecular weight excluding hydrogens is 300 g/mol. The second-order valence-corrected chi connectivity index (χ2v) is 7.35. The summed E-state index contributed by atoms with van der Waals surface area (Å²) in [5, 5.41) is 12.4. The van der Waals surface area contributed by atoms with Crippen LogP contribution in [0.5, 0.6) is 0 Å². The molecule has 2 saturated heterocycles. The lowest BCUT2D eigenvalue weighted by Gasteiger charge is -2.37. The van der Waals surface area contributed by atoms with Crippen molar-refractivity contribution >= 4 is 6.03 Å². The molecule has 2 amide bonds. The summed E-state index contributed by atoms with van der Waals surface area (Å²) in [7, 11) is 0. The molecule has 0 radical (unpaired) electrons. The van der Waals surface area contributed by atoms with Gasteiger partial charge in [-0.15, -0.1) is 0 Å². The number of amides is 2. The van der Waals surface area contributed by atoms with Crippen LogP contribution in [0.2, 0.25) is 0 Å². The molecule has 0 saturated carbocycles. The maximum absolute atomic E-state index is 11.9. The van der Waals surface area contributed by atoms with Gasteiger partial charge in [0, 0.05) is 32.2 Å². The average Bonchev–Trinajstić information content (AvgIpc) is 3.01. The molecular formula is C19H26N4O. The van der Waals surface area contributed by atoms with Crippen LogP contribution < -0.4 is 5.32 Å². The van der Waals surface area contributed by atoms with Crippen LogP contribution in [0, 0.1) is 11.3 Å². The smallest absolute Gasteiger partial charge is 0.317 e. The van der Waals surface area contributed by atoms with Crippen LogP contribution in [-0.2, 0) is 12.0 Å². The predicted octanol–water partition coefficient (Wildman–Crippen LogP) is 2.48. The topological polar surface area (TPSA) is 59.4 Å². The second-order valence-electron chi connectivity index (χ2n) is 7.35. The molecule has 5 nitrogen and oxygen atoms in total. The lowest BCUT2D eigenvalue weighted by Crippen LogP contribution is -2.48. The van der Waals surface area contributed by atoms with E-state index in [1.807, 2.05) is 30.9 Å². The van der Waals surface area contributed by atoms with Crippen molar-refractivity contribution in [1.82, 2.24) is 15.1 Å². The summed E-state index contributed by atoms with van der Waals surface area (Å²) in [4.78, 5) is 16.3. The Bertz CT molecular complexity index is 649. The quantitative estimate of drug-likeness (QED) is 0.925. The lowest BCUT2D eigenvalue weighted by atomic mass is 9.83. The summed E-state index contributed by atoms with van der Waals surface area (Å²) in [6.07, 6.45) is 2.19. The van der Waals surface area contributed by atoms with Crippen LogP contribution in [-0.4, -0.2) is 48.1 Å². The summed E-state index contributed by atoms with van der Waals surface area (Å²) in [6, 6.07) is 11.0. The molecule has 2 aliphatic heterocycles. The maximum Gasteiger partial charge on any atom is 0.317 e. The monoisotopic (exact) mass is 326 g/mol. The van der Waals surface area contributed by atoms with E-state index in [4.69, 9.17) is 0 Å². The molecule has 24 heavy (non-hydrogen) atoms. The molecule has 128 valence electrons. The van der Waals surface area contributed by atoms with Crippen molar-refractivity contribution in [3.8, 4) is 6.07 Å².